The molecule has 6 nitrogen and oxygen atoms in total. The minimum Gasteiger partial charge on any atom is -0.458 e. The standard InChI is InChI=1S/C50H44F6N2O4S/c1-49(2,3)62-48(60)45(39-28-37(29-57-39)63-50(32-13-7-4-8-14-32,33-15-9-5-10-16-33)34-17-11-6-12-18-34)58-36-26-23-31(22-19-30-20-24-35(51)25-21-30)38(27-36)47(59)61-46-43(55)41(53)40(52)42(54)44(46)56/h4-18,20-21,23-27,37,39,45,57-58H,19,22,28-29H2,1-3H3/t37-,39-,45?/m0/s1. The van der Waals surface area contributed by atoms with Gasteiger partial charge in [0.05, 0.1) is 10.3 Å². The Labute approximate surface area is 366 Å². The average Bonchev–Trinajstić information content (AvgIpc) is 3.75. The largest absolute Gasteiger partial charge is 0.458 e. The number of hydrogen-bond donors (Lipinski definition) is 2. The summed E-state index contributed by atoms with van der Waals surface area (Å²) < 4.78 is 95.5. The highest BCUT2D eigenvalue weighted by molar-refractivity contribution is 8.01. The van der Waals surface area contributed by atoms with Crippen LogP contribution in [0.15, 0.2) is 133 Å². The fraction of sp³-hybridized carbons (Fsp3) is 0.240. The number of carbonyl (C=O) groups is 2. The Kier molecular flexibility index (Phi) is 13.7. The molecule has 1 fully saturated rings. The van der Waals surface area contributed by atoms with Crippen LogP contribution < -0.4 is 15.4 Å². The smallest absolute Gasteiger partial charge is 0.344 e. The van der Waals surface area contributed by atoms with Gasteiger partial charge in [-0.25, -0.2) is 27.2 Å². The Balaban J connectivity index is 1.22. The molecule has 1 heterocycles. The number of carbonyl (C=O) groups excluding carboxylic acids is 2. The molecule has 0 amide bonds. The van der Waals surface area contributed by atoms with Crippen LogP contribution in [-0.4, -0.2) is 41.4 Å². The second-order valence-corrected chi connectivity index (χ2v) is 17.7. The number of halogens is 6. The molecule has 0 saturated carbocycles. The summed E-state index contributed by atoms with van der Waals surface area (Å²) in [5.41, 5.74) is 3.22. The summed E-state index contributed by atoms with van der Waals surface area (Å²) in [6.07, 6.45) is 0.886. The zero-order valence-electron chi connectivity index (χ0n) is 34.6. The first kappa shape index (κ1) is 45.0. The van der Waals surface area contributed by atoms with Crippen molar-refractivity contribution in [3.63, 3.8) is 0 Å². The second-order valence-electron chi connectivity index (χ2n) is 16.2. The van der Waals surface area contributed by atoms with Gasteiger partial charge in [0.15, 0.2) is 0 Å². The number of esters is 2. The summed E-state index contributed by atoms with van der Waals surface area (Å²) in [5, 5.41) is 6.70. The topological polar surface area (TPSA) is 76.7 Å². The van der Waals surface area contributed by atoms with Gasteiger partial charge >= 0.3 is 11.9 Å². The van der Waals surface area contributed by atoms with Crippen LogP contribution in [0.1, 0.15) is 65.4 Å². The third kappa shape index (κ3) is 10.1. The summed E-state index contributed by atoms with van der Waals surface area (Å²) >= 11 is 1.77. The van der Waals surface area contributed by atoms with Crippen LogP contribution in [0.3, 0.4) is 0 Å². The number of thioether (sulfide) groups is 1. The summed E-state index contributed by atoms with van der Waals surface area (Å²) in [5.74, 6) is -15.8. The van der Waals surface area contributed by atoms with E-state index < -0.39 is 75.0 Å². The number of hydrogen-bond acceptors (Lipinski definition) is 7. The minimum atomic E-state index is -2.41. The first-order valence-electron chi connectivity index (χ1n) is 20.3. The Morgan fingerprint density at radius 2 is 1.22 bits per heavy atom. The molecule has 1 aliphatic rings. The molecule has 0 spiro atoms. The highest BCUT2D eigenvalue weighted by Gasteiger charge is 2.44. The fourth-order valence-electron chi connectivity index (χ4n) is 7.74. The van der Waals surface area contributed by atoms with Gasteiger partial charge in [-0.15, -0.1) is 11.8 Å². The van der Waals surface area contributed by atoms with E-state index >= 15 is 0 Å². The van der Waals surface area contributed by atoms with Crippen molar-refractivity contribution >= 4 is 29.4 Å². The van der Waals surface area contributed by atoms with Crippen molar-refractivity contribution in [2.75, 3.05) is 11.9 Å². The van der Waals surface area contributed by atoms with Gasteiger partial charge in [0.2, 0.25) is 34.8 Å². The predicted octanol–water partition coefficient (Wildman–Crippen LogP) is 11.1. The molecule has 7 rings (SSSR count). The minimum absolute atomic E-state index is 0.0528. The van der Waals surface area contributed by atoms with Crippen molar-refractivity contribution in [2.45, 2.75) is 67.7 Å². The molecule has 0 radical (unpaired) electrons. The highest BCUT2D eigenvalue weighted by Crippen LogP contribution is 2.51. The van der Waals surface area contributed by atoms with E-state index in [4.69, 9.17) is 9.47 Å². The monoisotopic (exact) mass is 882 g/mol. The molecule has 1 unspecified atom stereocenters. The zero-order valence-corrected chi connectivity index (χ0v) is 35.4. The average molecular weight is 883 g/mol. The second kappa shape index (κ2) is 19.1. The summed E-state index contributed by atoms with van der Waals surface area (Å²) in [6.45, 7) is 5.71. The third-order valence-corrected chi connectivity index (χ3v) is 12.4. The zero-order chi connectivity index (χ0) is 44.9. The van der Waals surface area contributed by atoms with E-state index in [0.717, 1.165) is 16.7 Å². The summed E-state index contributed by atoms with van der Waals surface area (Å²) in [7, 11) is 0. The van der Waals surface area contributed by atoms with Gasteiger partial charge in [-0.05, 0) is 92.1 Å². The van der Waals surface area contributed by atoms with E-state index in [2.05, 4.69) is 47.0 Å². The molecule has 13 heteroatoms. The van der Waals surface area contributed by atoms with E-state index in [9.17, 15) is 35.9 Å². The third-order valence-electron chi connectivity index (χ3n) is 10.7. The van der Waals surface area contributed by atoms with E-state index in [1.54, 1.807) is 50.7 Å². The quantitative estimate of drug-likeness (QED) is 0.0282. The maximum Gasteiger partial charge on any atom is 0.344 e. The predicted molar refractivity (Wildman–Crippen MR) is 232 cm³/mol. The van der Waals surface area contributed by atoms with Gasteiger partial charge < -0.3 is 20.1 Å². The Morgan fingerprint density at radius 3 is 1.75 bits per heavy atom. The van der Waals surface area contributed by atoms with Crippen molar-refractivity contribution in [2.24, 2.45) is 0 Å². The number of ether oxygens (including phenoxy) is 2. The SMILES string of the molecule is CC(C)(C)OC(=O)C(Nc1ccc(CCc2ccc(F)cc2)c(C(=O)Oc2c(F)c(F)c(F)c(F)c2F)c1)[C@@H]1C[C@H](SC(c2ccccc2)(c2ccccc2)c2ccccc2)CN1. The summed E-state index contributed by atoms with van der Waals surface area (Å²) in [4.78, 5) is 27.9. The van der Waals surface area contributed by atoms with E-state index in [-0.39, 0.29) is 34.9 Å². The van der Waals surface area contributed by atoms with Crippen LogP contribution in [0.5, 0.6) is 5.75 Å². The Morgan fingerprint density at radius 1 is 0.698 bits per heavy atom. The molecule has 2 N–H and O–H groups in total. The lowest BCUT2D eigenvalue weighted by atomic mass is 9.84. The number of aryl methyl sites for hydroxylation is 2. The van der Waals surface area contributed by atoms with Gasteiger partial charge in [0.25, 0.3) is 0 Å². The van der Waals surface area contributed by atoms with Crippen LogP contribution in [0.4, 0.5) is 32.0 Å². The molecule has 0 aromatic heterocycles. The van der Waals surface area contributed by atoms with Crippen molar-refractivity contribution in [1.82, 2.24) is 5.32 Å². The molecule has 1 aliphatic heterocycles. The first-order chi connectivity index (χ1) is 30.1. The van der Waals surface area contributed by atoms with Gasteiger partial charge in [-0.1, -0.05) is 109 Å². The molecule has 1 saturated heterocycles. The van der Waals surface area contributed by atoms with Crippen molar-refractivity contribution in [3.05, 3.63) is 202 Å². The van der Waals surface area contributed by atoms with Gasteiger partial charge in [-0.3, -0.25) is 0 Å². The van der Waals surface area contributed by atoms with Crippen LogP contribution in [0, 0.1) is 34.9 Å². The van der Waals surface area contributed by atoms with E-state index in [1.165, 1.54) is 24.3 Å². The molecular weight excluding hydrogens is 839 g/mol. The molecule has 6 aromatic rings. The number of rotatable bonds is 14. The van der Waals surface area contributed by atoms with Crippen LogP contribution in [0.2, 0.25) is 0 Å². The molecule has 3 atom stereocenters. The lowest BCUT2D eigenvalue weighted by molar-refractivity contribution is -0.156. The Bertz CT molecular complexity index is 2430. The number of nitrogens with one attached hydrogen (secondary N) is 2. The maximum atomic E-state index is 14.8. The lowest BCUT2D eigenvalue weighted by Gasteiger charge is -2.37. The van der Waals surface area contributed by atoms with Crippen molar-refractivity contribution in [1.29, 1.82) is 0 Å². The summed E-state index contributed by atoms with van der Waals surface area (Å²) in [6, 6.07) is 39.1. The van der Waals surface area contributed by atoms with E-state index in [0.29, 0.717) is 18.5 Å². The molecular formula is C50H44F6N2O4S. The number of anilines is 1. The normalized spacial score (nSPS) is 15.8. The molecule has 6 aromatic carbocycles. The molecule has 63 heavy (non-hydrogen) atoms. The van der Waals surface area contributed by atoms with Crippen LogP contribution in [0.25, 0.3) is 0 Å². The molecule has 0 bridgehead atoms. The maximum absolute atomic E-state index is 14.8. The highest BCUT2D eigenvalue weighted by atomic mass is 32.2. The fourth-order valence-corrected chi connectivity index (χ4v) is 9.54. The van der Waals surface area contributed by atoms with Crippen LogP contribution >= 0.6 is 11.8 Å². The van der Waals surface area contributed by atoms with Crippen molar-refractivity contribution < 1.29 is 45.4 Å². The van der Waals surface area contributed by atoms with Crippen LogP contribution in [-0.2, 0) is 27.1 Å². The van der Waals surface area contributed by atoms with E-state index in [1.807, 2.05) is 54.6 Å². The Hall–Kier alpha value is -6.05. The van der Waals surface area contributed by atoms with Gasteiger partial charge in [0, 0.05) is 23.5 Å². The molecule has 0 aliphatic carbocycles. The van der Waals surface area contributed by atoms with Gasteiger partial charge in [-0.2, -0.15) is 8.78 Å². The lowest BCUT2D eigenvalue weighted by Crippen LogP contribution is -2.48. The van der Waals surface area contributed by atoms with Gasteiger partial charge in [0.1, 0.15) is 17.5 Å². The first-order valence-corrected chi connectivity index (χ1v) is 21.2. The molecule has 326 valence electrons. The number of benzene rings is 6. The van der Waals surface area contributed by atoms with Crippen molar-refractivity contribution in [3.8, 4) is 5.75 Å².